The van der Waals surface area contributed by atoms with Crippen LogP contribution in [0.4, 0.5) is 5.69 Å². The third kappa shape index (κ3) is 3.90. The quantitative estimate of drug-likeness (QED) is 0.482. The Morgan fingerprint density at radius 2 is 2.00 bits per heavy atom. The highest BCUT2D eigenvalue weighted by Crippen LogP contribution is 2.33. The number of nitrogens with one attached hydrogen (secondary N) is 1. The summed E-state index contributed by atoms with van der Waals surface area (Å²) in [5.74, 6) is -0.265. The fourth-order valence-corrected chi connectivity index (χ4v) is 5.77. The fraction of sp³-hybridized carbons (Fsp3) is 0.167. The molecule has 5 rings (SSSR count). The molecule has 4 aromatic rings. The molecule has 1 aliphatic rings. The van der Waals surface area contributed by atoms with Crippen LogP contribution in [0.2, 0.25) is 0 Å². The number of benzene rings is 1. The van der Waals surface area contributed by atoms with Crippen molar-refractivity contribution in [3.63, 3.8) is 0 Å². The number of fused-ring (bicyclic) bond motifs is 1. The van der Waals surface area contributed by atoms with Gasteiger partial charge in [0.15, 0.2) is 4.80 Å². The van der Waals surface area contributed by atoms with Crippen LogP contribution in [0.5, 0.6) is 0 Å². The van der Waals surface area contributed by atoms with Crippen molar-refractivity contribution in [3.05, 3.63) is 102 Å². The van der Waals surface area contributed by atoms with Gasteiger partial charge in [0.25, 0.3) is 11.5 Å². The molecule has 0 fully saturated rings. The van der Waals surface area contributed by atoms with E-state index in [1.807, 2.05) is 78.5 Å². The molecular weight excluding hydrogens is 454 g/mol. The molecule has 1 amide bonds. The first-order valence-electron chi connectivity index (χ1n) is 10.5. The molecule has 166 valence electrons. The molecular formula is C24H21N5O2S2. The molecule has 1 aromatic carbocycles. The minimum atomic E-state index is -0.539. The first-order chi connectivity index (χ1) is 16.1. The van der Waals surface area contributed by atoms with Crippen LogP contribution in [-0.2, 0) is 11.3 Å². The Morgan fingerprint density at radius 3 is 2.73 bits per heavy atom. The van der Waals surface area contributed by atoms with E-state index in [0.29, 0.717) is 32.8 Å². The minimum absolute atomic E-state index is 0.168. The van der Waals surface area contributed by atoms with Gasteiger partial charge >= 0.3 is 0 Å². The van der Waals surface area contributed by atoms with Crippen LogP contribution < -0.4 is 20.2 Å². The van der Waals surface area contributed by atoms with Gasteiger partial charge in [0.1, 0.15) is 6.04 Å². The van der Waals surface area contributed by atoms with Crippen LogP contribution in [0.3, 0.4) is 0 Å². The molecule has 0 spiro atoms. The van der Waals surface area contributed by atoms with Crippen molar-refractivity contribution in [1.82, 2.24) is 14.3 Å². The van der Waals surface area contributed by atoms with Crippen molar-refractivity contribution in [2.75, 3.05) is 5.32 Å². The fourth-order valence-electron chi connectivity index (χ4n) is 3.91. The first kappa shape index (κ1) is 21.3. The van der Waals surface area contributed by atoms with Gasteiger partial charge in [-0.3, -0.25) is 18.8 Å². The van der Waals surface area contributed by atoms with Gasteiger partial charge in [0.05, 0.1) is 21.5 Å². The first-order valence-corrected chi connectivity index (χ1v) is 12.2. The number of carbonyl (C=O) groups is 1. The van der Waals surface area contributed by atoms with E-state index in [1.165, 1.54) is 22.7 Å². The second-order valence-electron chi connectivity index (χ2n) is 7.49. The van der Waals surface area contributed by atoms with Gasteiger partial charge in [-0.15, -0.1) is 11.3 Å². The number of amides is 1. The Hall–Kier alpha value is -3.56. The van der Waals surface area contributed by atoms with Crippen molar-refractivity contribution < 1.29 is 4.79 Å². The summed E-state index contributed by atoms with van der Waals surface area (Å²) in [6, 6.07) is 14.5. The number of carbonyl (C=O) groups excluding carboxylic acids is 1. The van der Waals surface area contributed by atoms with Gasteiger partial charge < -0.3 is 5.32 Å². The summed E-state index contributed by atoms with van der Waals surface area (Å²) in [5, 5.41) is 9.19. The largest absolute Gasteiger partial charge is 0.322 e. The lowest BCUT2D eigenvalue weighted by atomic mass is 10.0. The number of hydrogen-bond donors (Lipinski definition) is 1. The zero-order valence-electron chi connectivity index (χ0n) is 18.1. The Bertz CT molecular complexity index is 1530. The molecule has 0 saturated carbocycles. The number of thiophene rings is 1. The summed E-state index contributed by atoms with van der Waals surface area (Å²) in [5.41, 5.74) is 2.46. The zero-order valence-corrected chi connectivity index (χ0v) is 19.7. The van der Waals surface area contributed by atoms with Gasteiger partial charge in [-0.25, -0.2) is 4.99 Å². The average Bonchev–Trinajstić information content (AvgIpc) is 3.55. The smallest absolute Gasteiger partial charge is 0.271 e. The number of para-hydroxylation sites is 1. The summed E-state index contributed by atoms with van der Waals surface area (Å²) < 4.78 is 4.03. The number of thiazole rings is 1. The third-order valence-electron chi connectivity index (χ3n) is 5.44. The molecule has 9 heteroatoms. The number of anilines is 1. The van der Waals surface area contributed by atoms with Gasteiger partial charge in [-0.05, 0) is 49.6 Å². The minimum Gasteiger partial charge on any atom is -0.322 e. The molecule has 1 N–H and O–H groups in total. The van der Waals surface area contributed by atoms with Gasteiger partial charge in [-0.1, -0.05) is 35.6 Å². The van der Waals surface area contributed by atoms with Crippen molar-refractivity contribution in [3.8, 4) is 0 Å². The highest BCUT2D eigenvalue weighted by molar-refractivity contribution is 7.10. The topological polar surface area (TPSA) is 81.3 Å². The molecule has 4 heterocycles. The van der Waals surface area contributed by atoms with E-state index in [-0.39, 0.29) is 11.5 Å². The second kappa shape index (κ2) is 8.76. The maximum absolute atomic E-state index is 13.6. The molecule has 7 nitrogen and oxygen atoms in total. The van der Waals surface area contributed by atoms with E-state index < -0.39 is 6.04 Å². The van der Waals surface area contributed by atoms with E-state index in [1.54, 1.807) is 10.8 Å². The Kier molecular flexibility index (Phi) is 5.65. The average molecular weight is 476 g/mol. The van der Waals surface area contributed by atoms with Crippen molar-refractivity contribution in [2.24, 2.45) is 4.99 Å². The maximum atomic E-state index is 13.6. The molecule has 0 bridgehead atoms. The van der Waals surface area contributed by atoms with E-state index in [4.69, 9.17) is 0 Å². The lowest BCUT2D eigenvalue weighted by Crippen LogP contribution is -2.40. The van der Waals surface area contributed by atoms with Gasteiger partial charge in [0.2, 0.25) is 0 Å². The molecule has 33 heavy (non-hydrogen) atoms. The van der Waals surface area contributed by atoms with Crippen LogP contribution >= 0.6 is 22.7 Å². The standard InChI is InChI=1S/C24H21N5O2S2/c1-3-28-17(11-12-25-28)14-19-23(31)29-21(18-10-7-13-32-18)20(15(2)26-24(29)33-19)22(30)27-16-8-5-4-6-9-16/h4-14,21H,3H2,1-2H3,(H,27,30)/b19-14+/t21-/m0/s1. The molecule has 1 aliphatic heterocycles. The summed E-state index contributed by atoms with van der Waals surface area (Å²) in [6.45, 7) is 4.53. The number of hydrogen-bond acceptors (Lipinski definition) is 6. The zero-order chi connectivity index (χ0) is 22.9. The molecule has 0 aliphatic carbocycles. The SMILES string of the molecule is CCn1nccc1/C=c1/sc2n(c1=O)[C@@H](c1cccs1)C(C(=O)Nc1ccccc1)=C(C)N=2. The lowest BCUT2D eigenvalue weighted by Gasteiger charge is -2.24. The number of allylic oxidation sites excluding steroid dienone is 1. The molecule has 0 saturated heterocycles. The lowest BCUT2D eigenvalue weighted by molar-refractivity contribution is -0.113. The van der Waals surface area contributed by atoms with Crippen molar-refractivity contribution >= 4 is 40.3 Å². The maximum Gasteiger partial charge on any atom is 0.271 e. The van der Waals surface area contributed by atoms with E-state index in [9.17, 15) is 9.59 Å². The summed E-state index contributed by atoms with van der Waals surface area (Å²) in [4.78, 5) is 33.1. The van der Waals surface area contributed by atoms with Crippen LogP contribution in [-0.4, -0.2) is 20.3 Å². The molecule has 3 aromatic heterocycles. The Morgan fingerprint density at radius 1 is 1.18 bits per heavy atom. The normalized spacial score (nSPS) is 15.9. The monoisotopic (exact) mass is 475 g/mol. The summed E-state index contributed by atoms with van der Waals surface area (Å²) in [7, 11) is 0. The molecule has 0 radical (unpaired) electrons. The van der Waals surface area contributed by atoms with Crippen LogP contribution in [0.25, 0.3) is 6.08 Å². The van der Waals surface area contributed by atoms with Gasteiger partial charge in [-0.2, -0.15) is 5.10 Å². The van der Waals surface area contributed by atoms with E-state index in [0.717, 1.165) is 10.6 Å². The van der Waals surface area contributed by atoms with E-state index in [2.05, 4.69) is 15.4 Å². The Labute approximate surface area is 197 Å². The molecule has 1 atom stereocenters. The number of nitrogens with zero attached hydrogens (tertiary/aromatic N) is 4. The van der Waals surface area contributed by atoms with Crippen LogP contribution in [0.1, 0.15) is 30.5 Å². The van der Waals surface area contributed by atoms with Crippen molar-refractivity contribution in [1.29, 1.82) is 0 Å². The van der Waals surface area contributed by atoms with E-state index >= 15 is 0 Å². The summed E-state index contributed by atoms with van der Waals surface area (Å²) in [6.07, 6.45) is 3.56. The van der Waals surface area contributed by atoms with Crippen molar-refractivity contribution in [2.45, 2.75) is 26.4 Å². The number of rotatable bonds is 5. The predicted octanol–water partition coefficient (Wildman–Crippen LogP) is 3.15. The highest BCUT2D eigenvalue weighted by atomic mass is 32.1. The van der Waals surface area contributed by atoms with Gasteiger partial charge in [0, 0.05) is 23.3 Å². The highest BCUT2D eigenvalue weighted by Gasteiger charge is 2.33. The Balaban J connectivity index is 1.66. The summed E-state index contributed by atoms with van der Waals surface area (Å²) >= 11 is 2.84. The van der Waals surface area contributed by atoms with Crippen LogP contribution in [0.15, 0.2) is 81.2 Å². The third-order valence-corrected chi connectivity index (χ3v) is 7.35. The number of aryl methyl sites for hydroxylation is 1. The number of aromatic nitrogens is 3. The predicted molar refractivity (Wildman–Crippen MR) is 131 cm³/mol. The molecule has 0 unspecified atom stereocenters. The second-order valence-corrected chi connectivity index (χ2v) is 9.48. The van der Waals surface area contributed by atoms with Crippen LogP contribution in [0, 0.1) is 0 Å².